The molecule has 39 heavy (non-hydrogen) atoms. The zero-order valence-corrected chi connectivity index (χ0v) is 26.6. The van der Waals surface area contributed by atoms with Gasteiger partial charge in [-0.3, -0.25) is 6.08 Å². The molecule has 0 saturated heterocycles. The van der Waals surface area contributed by atoms with Crippen molar-refractivity contribution < 1.29 is 24.2 Å². The number of fused-ring (bicyclic) bond motifs is 3. The van der Waals surface area contributed by atoms with Crippen molar-refractivity contribution in [1.29, 1.82) is 0 Å². The van der Waals surface area contributed by atoms with E-state index < -0.39 is 0 Å². The first kappa shape index (κ1) is 32.6. The van der Waals surface area contributed by atoms with Crippen molar-refractivity contribution >= 4 is 55.3 Å². The summed E-state index contributed by atoms with van der Waals surface area (Å²) >= 11 is 1.46. The second-order valence-corrected chi connectivity index (χ2v) is 9.98. The summed E-state index contributed by atoms with van der Waals surface area (Å²) in [4.78, 5) is 2.43. The van der Waals surface area contributed by atoms with Gasteiger partial charge in [0.2, 0.25) is 0 Å². The quantitative estimate of drug-likeness (QED) is 0.175. The molecule has 5 aromatic carbocycles. The van der Waals surface area contributed by atoms with E-state index in [9.17, 15) is 0 Å². The van der Waals surface area contributed by atoms with E-state index in [1.54, 1.807) is 0 Å². The monoisotopic (exact) mass is 629 g/mol. The summed E-state index contributed by atoms with van der Waals surface area (Å²) < 4.78 is 1.42. The number of benzene rings is 4. The topological polar surface area (TPSA) is 3.24 Å². The second-order valence-electron chi connectivity index (χ2n) is 8.76. The molecule has 0 aromatic heterocycles. The number of hydrogen-bond donors (Lipinski definition) is 0. The molecule has 0 saturated carbocycles. The van der Waals surface area contributed by atoms with Crippen LogP contribution >= 0.6 is 24.8 Å². The van der Waals surface area contributed by atoms with Gasteiger partial charge in [-0.05, 0) is 13.8 Å². The van der Waals surface area contributed by atoms with Gasteiger partial charge >= 0.3 is 99.2 Å². The third-order valence-electron chi connectivity index (χ3n) is 6.43. The van der Waals surface area contributed by atoms with Gasteiger partial charge in [0.25, 0.3) is 0 Å². The Kier molecular flexibility index (Phi) is 14.3. The summed E-state index contributed by atoms with van der Waals surface area (Å²) in [5.41, 5.74) is 4.02. The van der Waals surface area contributed by atoms with Gasteiger partial charge in [-0.1, -0.05) is 35.7 Å². The number of hydrogen-bond acceptors (Lipinski definition) is 1. The Bertz CT molecular complexity index is 1430. The molecule has 0 atom stereocenters. The van der Waals surface area contributed by atoms with Crippen LogP contribution in [0.1, 0.15) is 31.4 Å². The molecule has 0 amide bonds. The minimum absolute atomic E-state index is 0. The van der Waals surface area contributed by atoms with Gasteiger partial charge in [-0.25, -0.2) is 12.2 Å². The molecule has 0 bridgehead atoms. The molecular weight excluding hydrogens is 597 g/mol. The Hall–Kier alpha value is -2.64. The molecule has 1 nitrogen and oxygen atoms in total. The molecule has 0 heterocycles. The SMILES string of the molecule is CCN(CC)c1cccc2[cH-]c3ccccc3c12.Cl.Cl.[C-]1=CC=CC1.[Zr+2]=[C](c1ccccc1)c1ccccc1. The first-order chi connectivity index (χ1) is 18.2. The van der Waals surface area contributed by atoms with Crippen molar-refractivity contribution in [3.05, 3.63) is 145 Å². The average Bonchev–Trinajstić information content (AvgIpc) is 3.67. The predicted octanol–water partition coefficient (Wildman–Crippen LogP) is 9.51. The third kappa shape index (κ3) is 8.67. The van der Waals surface area contributed by atoms with Crippen LogP contribution in [0.5, 0.6) is 0 Å². The zero-order chi connectivity index (χ0) is 25.9. The molecule has 0 radical (unpaired) electrons. The Morgan fingerprint density at radius 3 is 1.82 bits per heavy atom. The summed E-state index contributed by atoms with van der Waals surface area (Å²) in [6.07, 6.45) is 10.0. The summed E-state index contributed by atoms with van der Waals surface area (Å²) in [7, 11) is 0. The molecule has 198 valence electrons. The Morgan fingerprint density at radius 2 is 1.31 bits per heavy atom. The molecule has 1 aliphatic carbocycles. The molecule has 0 fully saturated rings. The fourth-order valence-corrected chi connectivity index (χ4v) is 5.35. The van der Waals surface area contributed by atoms with Gasteiger partial charge in [-0.15, -0.1) is 65.6 Å². The molecule has 0 spiro atoms. The summed E-state index contributed by atoms with van der Waals surface area (Å²) in [6.45, 7) is 6.53. The fraction of sp³-hybridized carbons (Fsp3) is 0.143. The summed E-state index contributed by atoms with van der Waals surface area (Å²) in [5.74, 6) is 0. The molecule has 0 unspecified atom stereocenters. The molecular formula is C35H35Cl2NZr. The van der Waals surface area contributed by atoms with E-state index in [0.29, 0.717) is 0 Å². The van der Waals surface area contributed by atoms with Crippen molar-refractivity contribution in [2.24, 2.45) is 0 Å². The maximum absolute atomic E-state index is 2.99. The summed E-state index contributed by atoms with van der Waals surface area (Å²) in [5, 5.41) is 5.46. The molecule has 4 heteroatoms. The van der Waals surface area contributed by atoms with Crippen molar-refractivity contribution in [3.8, 4) is 0 Å². The van der Waals surface area contributed by atoms with E-state index >= 15 is 0 Å². The molecule has 0 N–H and O–H groups in total. The van der Waals surface area contributed by atoms with Gasteiger partial charge in [0, 0.05) is 18.8 Å². The van der Waals surface area contributed by atoms with Crippen LogP contribution in [0.3, 0.4) is 0 Å². The Morgan fingerprint density at radius 1 is 0.744 bits per heavy atom. The van der Waals surface area contributed by atoms with Gasteiger partial charge < -0.3 is 4.90 Å². The van der Waals surface area contributed by atoms with Gasteiger partial charge in [0.05, 0.1) is 0 Å². The molecule has 0 aliphatic heterocycles. The molecule has 5 aromatic rings. The van der Waals surface area contributed by atoms with Crippen LogP contribution in [0.15, 0.2) is 127 Å². The number of halogens is 2. The first-order valence-electron chi connectivity index (χ1n) is 13.0. The van der Waals surface area contributed by atoms with Crippen LogP contribution < -0.4 is 4.90 Å². The van der Waals surface area contributed by atoms with E-state index in [1.165, 1.54) is 65.8 Å². The minimum atomic E-state index is 0. The van der Waals surface area contributed by atoms with Gasteiger partial charge in [0.15, 0.2) is 0 Å². The first-order valence-corrected chi connectivity index (χ1v) is 14.2. The normalized spacial score (nSPS) is 11.0. The zero-order valence-electron chi connectivity index (χ0n) is 22.5. The van der Waals surface area contributed by atoms with E-state index in [1.807, 2.05) is 12.2 Å². The van der Waals surface area contributed by atoms with Crippen LogP contribution in [0.2, 0.25) is 0 Å². The summed E-state index contributed by atoms with van der Waals surface area (Å²) in [6, 6.07) is 38.7. The van der Waals surface area contributed by atoms with Crippen molar-refractivity contribution in [3.63, 3.8) is 0 Å². The van der Waals surface area contributed by atoms with Crippen molar-refractivity contribution in [2.75, 3.05) is 18.0 Å². The van der Waals surface area contributed by atoms with E-state index in [-0.39, 0.29) is 24.8 Å². The number of allylic oxidation sites excluding steroid dienone is 4. The number of nitrogens with zero attached hydrogens (tertiary/aromatic N) is 1. The van der Waals surface area contributed by atoms with Crippen LogP contribution in [0.4, 0.5) is 5.69 Å². The van der Waals surface area contributed by atoms with Gasteiger partial charge in [-0.2, -0.15) is 6.08 Å². The number of anilines is 1. The Balaban J connectivity index is 0.000000227. The van der Waals surface area contributed by atoms with E-state index in [4.69, 9.17) is 0 Å². The van der Waals surface area contributed by atoms with Crippen LogP contribution in [0.25, 0.3) is 21.5 Å². The van der Waals surface area contributed by atoms with Crippen LogP contribution in [-0.4, -0.2) is 16.3 Å². The van der Waals surface area contributed by atoms with Crippen LogP contribution in [0, 0.1) is 6.08 Å². The fourth-order valence-electron chi connectivity index (χ4n) is 4.53. The molecule has 1 aliphatic rings. The standard InChI is InChI=1S/C17H18N.C13H10.C5H5.2ClH.Zr/c1-3-18(4-2)16-11-7-9-14-12-13-8-5-6-10-15(13)17(14)16;1-3-7-12(8-4-1)11-13-9-5-2-6-10-13;1-2-4-5-3-1;;;/h5-12H,3-4H2,1-2H3;1-10H;1-3H,4H2;2*1H;/q-1;;-1;;;+2. The third-order valence-corrected chi connectivity index (χ3v) is 7.85. The van der Waals surface area contributed by atoms with E-state index in [0.717, 1.165) is 19.5 Å². The maximum atomic E-state index is 2.99. The predicted molar refractivity (Wildman–Crippen MR) is 173 cm³/mol. The van der Waals surface area contributed by atoms with Gasteiger partial charge in [0.1, 0.15) is 0 Å². The number of rotatable bonds is 5. The van der Waals surface area contributed by atoms with E-state index in [2.05, 4.69) is 140 Å². The molecule has 6 rings (SSSR count). The second kappa shape index (κ2) is 17.1. The van der Waals surface area contributed by atoms with Crippen molar-refractivity contribution in [2.45, 2.75) is 20.3 Å². The van der Waals surface area contributed by atoms with Crippen molar-refractivity contribution in [1.82, 2.24) is 0 Å². The Labute approximate surface area is 260 Å². The average molecular weight is 632 g/mol. The van der Waals surface area contributed by atoms with Crippen LogP contribution in [-0.2, 0) is 24.2 Å².